The highest BCUT2D eigenvalue weighted by molar-refractivity contribution is 7.17. The van der Waals surface area contributed by atoms with Crippen LogP contribution in [-0.4, -0.2) is 36.3 Å². The average Bonchev–Trinajstić information content (AvgIpc) is 3.15. The lowest BCUT2D eigenvalue weighted by Crippen LogP contribution is -2.30. The van der Waals surface area contributed by atoms with Crippen molar-refractivity contribution in [2.24, 2.45) is 0 Å². The number of benzene rings is 1. The van der Waals surface area contributed by atoms with Crippen molar-refractivity contribution < 1.29 is 33.0 Å². The SMILES string of the molecule is CCOC(=O)c1c(NC(=O)C(C)OC(=O)CCC(=O)c2ccc(F)cc2)sc2c1CCCC2. The van der Waals surface area contributed by atoms with Gasteiger partial charge in [-0.1, -0.05) is 0 Å². The molecule has 0 bridgehead atoms. The monoisotopic (exact) mass is 475 g/mol. The molecule has 33 heavy (non-hydrogen) atoms. The lowest BCUT2D eigenvalue weighted by molar-refractivity contribution is -0.153. The highest BCUT2D eigenvalue weighted by Crippen LogP contribution is 2.38. The first kappa shape index (κ1) is 24.6. The van der Waals surface area contributed by atoms with Gasteiger partial charge < -0.3 is 14.8 Å². The van der Waals surface area contributed by atoms with Crippen molar-refractivity contribution in [2.75, 3.05) is 11.9 Å². The molecule has 1 unspecified atom stereocenters. The Kier molecular flexibility index (Phi) is 8.32. The highest BCUT2D eigenvalue weighted by Gasteiger charge is 2.29. The fourth-order valence-electron chi connectivity index (χ4n) is 3.59. The maximum atomic E-state index is 13.0. The topological polar surface area (TPSA) is 98.8 Å². The summed E-state index contributed by atoms with van der Waals surface area (Å²) in [5, 5.41) is 3.11. The van der Waals surface area contributed by atoms with Gasteiger partial charge in [0.1, 0.15) is 10.8 Å². The minimum atomic E-state index is -1.12. The molecule has 0 aliphatic heterocycles. The Balaban J connectivity index is 1.58. The number of anilines is 1. The molecule has 0 radical (unpaired) electrons. The van der Waals surface area contributed by atoms with Crippen LogP contribution >= 0.6 is 11.3 Å². The molecule has 7 nitrogen and oxygen atoms in total. The maximum Gasteiger partial charge on any atom is 0.341 e. The van der Waals surface area contributed by atoms with Gasteiger partial charge in [-0.25, -0.2) is 9.18 Å². The Labute approximate surface area is 195 Å². The van der Waals surface area contributed by atoms with Gasteiger partial charge in [0.15, 0.2) is 11.9 Å². The normalized spacial score (nSPS) is 13.5. The third-order valence-electron chi connectivity index (χ3n) is 5.29. The van der Waals surface area contributed by atoms with Gasteiger partial charge >= 0.3 is 11.9 Å². The van der Waals surface area contributed by atoms with Crippen molar-refractivity contribution in [3.05, 3.63) is 51.7 Å². The Morgan fingerprint density at radius 1 is 1.09 bits per heavy atom. The molecule has 0 spiro atoms. The summed E-state index contributed by atoms with van der Waals surface area (Å²) < 4.78 is 23.3. The number of ether oxygens (including phenoxy) is 2. The summed E-state index contributed by atoms with van der Waals surface area (Å²) in [7, 11) is 0. The number of esters is 2. The van der Waals surface area contributed by atoms with Crippen molar-refractivity contribution in [1.82, 2.24) is 0 Å². The van der Waals surface area contributed by atoms with Gasteiger partial charge in [-0.2, -0.15) is 0 Å². The second-order valence-corrected chi connectivity index (χ2v) is 8.79. The van der Waals surface area contributed by atoms with Crippen molar-refractivity contribution >= 4 is 40.0 Å². The van der Waals surface area contributed by atoms with Gasteiger partial charge in [0.05, 0.1) is 18.6 Å². The van der Waals surface area contributed by atoms with Crippen molar-refractivity contribution in [2.45, 2.75) is 58.5 Å². The van der Waals surface area contributed by atoms with Crippen LogP contribution < -0.4 is 5.32 Å². The molecule has 1 aromatic heterocycles. The van der Waals surface area contributed by atoms with Crippen LogP contribution in [0.5, 0.6) is 0 Å². The first-order valence-corrected chi connectivity index (χ1v) is 11.7. The molecule has 1 aromatic carbocycles. The summed E-state index contributed by atoms with van der Waals surface area (Å²) >= 11 is 1.35. The average molecular weight is 476 g/mol. The first-order chi connectivity index (χ1) is 15.8. The number of ketones is 1. The number of fused-ring (bicyclic) bond motifs is 1. The van der Waals surface area contributed by atoms with E-state index in [2.05, 4.69) is 5.32 Å². The number of carbonyl (C=O) groups excluding carboxylic acids is 4. The van der Waals surface area contributed by atoms with Crippen molar-refractivity contribution in [3.63, 3.8) is 0 Å². The molecule has 9 heteroatoms. The van der Waals surface area contributed by atoms with E-state index in [1.54, 1.807) is 6.92 Å². The predicted molar refractivity (Wildman–Crippen MR) is 121 cm³/mol. The summed E-state index contributed by atoms with van der Waals surface area (Å²) in [6, 6.07) is 5.04. The van der Waals surface area contributed by atoms with E-state index in [0.717, 1.165) is 36.1 Å². The fraction of sp³-hybridized carbons (Fsp3) is 0.417. The predicted octanol–water partition coefficient (Wildman–Crippen LogP) is 4.48. The Morgan fingerprint density at radius 2 is 1.79 bits per heavy atom. The number of halogens is 1. The quantitative estimate of drug-likeness (QED) is 0.424. The van der Waals surface area contributed by atoms with Crippen LogP contribution in [0.3, 0.4) is 0 Å². The van der Waals surface area contributed by atoms with Gasteiger partial charge in [-0.15, -0.1) is 11.3 Å². The van der Waals surface area contributed by atoms with Crippen LogP contribution in [0.25, 0.3) is 0 Å². The van der Waals surface area contributed by atoms with Crippen LogP contribution in [-0.2, 0) is 31.9 Å². The number of aryl methyl sites for hydroxylation is 1. The number of rotatable bonds is 9. The first-order valence-electron chi connectivity index (χ1n) is 10.9. The molecule has 0 saturated heterocycles. The van der Waals surface area contributed by atoms with Crippen LogP contribution in [0, 0.1) is 5.82 Å². The van der Waals surface area contributed by atoms with Crippen molar-refractivity contribution in [3.8, 4) is 0 Å². The molecule has 1 aliphatic rings. The minimum Gasteiger partial charge on any atom is -0.462 e. The van der Waals surface area contributed by atoms with Gasteiger partial charge in [0, 0.05) is 16.9 Å². The maximum absolute atomic E-state index is 13.0. The van der Waals surface area contributed by atoms with E-state index < -0.39 is 29.8 Å². The summed E-state index contributed by atoms with van der Waals surface area (Å²) in [5.41, 5.74) is 1.60. The molecule has 1 N–H and O–H groups in total. The smallest absolute Gasteiger partial charge is 0.341 e. The lowest BCUT2D eigenvalue weighted by atomic mass is 9.95. The van der Waals surface area contributed by atoms with Crippen LogP contribution in [0.4, 0.5) is 9.39 Å². The molecule has 2 aromatic rings. The van der Waals surface area contributed by atoms with E-state index >= 15 is 0 Å². The molecular weight excluding hydrogens is 449 g/mol. The Morgan fingerprint density at radius 3 is 2.48 bits per heavy atom. The molecule has 1 atom stereocenters. The Bertz CT molecular complexity index is 1050. The van der Waals surface area contributed by atoms with Crippen LogP contribution in [0.15, 0.2) is 24.3 Å². The van der Waals surface area contributed by atoms with Crippen LogP contribution in [0.2, 0.25) is 0 Å². The molecule has 3 rings (SSSR count). The zero-order valence-electron chi connectivity index (χ0n) is 18.6. The number of amides is 1. The van der Waals surface area contributed by atoms with E-state index in [0.29, 0.717) is 16.1 Å². The third-order valence-corrected chi connectivity index (χ3v) is 6.49. The highest BCUT2D eigenvalue weighted by atomic mass is 32.1. The molecule has 1 aliphatic carbocycles. The largest absolute Gasteiger partial charge is 0.462 e. The van der Waals surface area contributed by atoms with E-state index in [4.69, 9.17) is 9.47 Å². The van der Waals surface area contributed by atoms with Gasteiger partial charge in [-0.3, -0.25) is 14.4 Å². The lowest BCUT2D eigenvalue weighted by Gasteiger charge is -2.14. The molecular formula is C24H26FNO6S. The number of carbonyl (C=O) groups is 4. The number of thiophene rings is 1. The van der Waals surface area contributed by atoms with E-state index in [1.807, 2.05) is 0 Å². The number of Topliss-reactive ketones (excluding diaryl/α,β-unsaturated/α-hetero) is 1. The summed E-state index contributed by atoms with van der Waals surface area (Å²) in [6.45, 7) is 3.37. The summed E-state index contributed by atoms with van der Waals surface area (Å²) in [5.74, 6) is -2.53. The molecule has 1 heterocycles. The second-order valence-electron chi connectivity index (χ2n) is 7.69. The van der Waals surface area contributed by atoms with Crippen molar-refractivity contribution in [1.29, 1.82) is 0 Å². The summed E-state index contributed by atoms with van der Waals surface area (Å²) in [4.78, 5) is 50.5. The molecule has 1 amide bonds. The van der Waals surface area contributed by atoms with Gasteiger partial charge in [-0.05, 0) is 69.4 Å². The zero-order valence-corrected chi connectivity index (χ0v) is 19.4. The fourth-order valence-corrected chi connectivity index (χ4v) is 4.87. The number of nitrogens with one attached hydrogen (secondary N) is 1. The zero-order chi connectivity index (χ0) is 24.0. The Hall–Kier alpha value is -3.07. The van der Waals surface area contributed by atoms with Crippen LogP contribution in [0.1, 0.15) is 70.7 Å². The molecule has 176 valence electrons. The standard InChI is InChI=1S/C24H26FNO6S/c1-3-31-24(30)21-17-6-4-5-7-19(17)33-23(21)26-22(29)14(2)32-20(28)13-12-18(27)15-8-10-16(25)11-9-15/h8-11,14H,3-7,12-13H2,1-2H3,(H,26,29). The molecule has 0 saturated carbocycles. The van der Waals surface area contributed by atoms with E-state index in [9.17, 15) is 23.6 Å². The molecule has 0 fully saturated rings. The minimum absolute atomic E-state index is 0.122. The van der Waals surface area contributed by atoms with Gasteiger partial charge in [0.25, 0.3) is 5.91 Å². The summed E-state index contributed by atoms with van der Waals surface area (Å²) in [6.07, 6.45) is 2.13. The second kappa shape index (κ2) is 11.2. The number of hydrogen-bond acceptors (Lipinski definition) is 7. The van der Waals surface area contributed by atoms with E-state index in [-0.39, 0.29) is 25.2 Å². The van der Waals surface area contributed by atoms with E-state index in [1.165, 1.54) is 42.5 Å². The van der Waals surface area contributed by atoms with Gasteiger partial charge in [0.2, 0.25) is 0 Å². The number of hydrogen-bond donors (Lipinski definition) is 1. The third kappa shape index (κ3) is 6.25.